The Morgan fingerprint density at radius 1 is 1.29 bits per heavy atom. The van der Waals surface area contributed by atoms with Crippen LogP contribution in [-0.4, -0.2) is 29.0 Å². The van der Waals surface area contributed by atoms with Crippen molar-refractivity contribution < 1.29 is 9.47 Å². The highest BCUT2D eigenvalue weighted by atomic mass is 79.9. The molecule has 0 bridgehead atoms. The van der Waals surface area contributed by atoms with Crippen LogP contribution in [0.15, 0.2) is 18.5 Å². The van der Waals surface area contributed by atoms with E-state index in [1.165, 1.54) is 6.33 Å². The molecule has 1 aromatic heterocycles. The molecule has 4 nitrogen and oxygen atoms in total. The molecule has 17 heavy (non-hydrogen) atoms. The summed E-state index contributed by atoms with van der Waals surface area (Å²) in [5.41, 5.74) is 0.732. The van der Waals surface area contributed by atoms with Crippen molar-refractivity contribution in [2.45, 2.75) is 0 Å². The third kappa shape index (κ3) is 2.61. The van der Waals surface area contributed by atoms with E-state index in [0.717, 1.165) is 16.2 Å². The SMILES string of the molecule is COc1cc2c(Cl)ncnc2cc1OCCBr. The third-order valence-corrected chi connectivity index (χ3v) is 2.83. The molecule has 6 heteroatoms. The van der Waals surface area contributed by atoms with Gasteiger partial charge >= 0.3 is 0 Å². The molecule has 0 aliphatic carbocycles. The molecule has 0 saturated heterocycles. The summed E-state index contributed by atoms with van der Waals surface area (Å²) in [6, 6.07) is 3.58. The molecule has 0 fully saturated rings. The number of ether oxygens (including phenoxy) is 2. The van der Waals surface area contributed by atoms with Crippen LogP contribution in [0.4, 0.5) is 0 Å². The van der Waals surface area contributed by atoms with Gasteiger partial charge in [0.15, 0.2) is 11.5 Å². The monoisotopic (exact) mass is 316 g/mol. The van der Waals surface area contributed by atoms with E-state index in [4.69, 9.17) is 21.1 Å². The summed E-state index contributed by atoms with van der Waals surface area (Å²) in [6.07, 6.45) is 1.42. The second-order valence-electron chi connectivity index (χ2n) is 3.22. The average Bonchev–Trinajstić information content (AvgIpc) is 2.36. The Hall–Kier alpha value is -1.07. The fourth-order valence-corrected chi connectivity index (χ4v) is 1.81. The number of hydrogen-bond acceptors (Lipinski definition) is 4. The van der Waals surface area contributed by atoms with E-state index >= 15 is 0 Å². The zero-order chi connectivity index (χ0) is 12.3. The minimum absolute atomic E-state index is 0.403. The predicted molar refractivity (Wildman–Crippen MR) is 70.4 cm³/mol. The Balaban J connectivity index is 2.52. The first-order valence-corrected chi connectivity index (χ1v) is 6.43. The molecule has 0 amide bonds. The number of fused-ring (bicyclic) bond motifs is 1. The van der Waals surface area contributed by atoms with Gasteiger partial charge in [0.25, 0.3) is 0 Å². The Kier molecular flexibility index (Phi) is 4.02. The van der Waals surface area contributed by atoms with Crippen LogP contribution in [0.2, 0.25) is 5.15 Å². The quantitative estimate of drug-likeness (QED) is 0.642. The van der Waals surface area contributed by atoms with Gasteiger partial charge in [-0.05, 0) is 6.07 Å². The molecule has 0 radical (unpaired) electrons. The van der Waals surface area contributed by atoms with Crippen LogP contribution >= 0.6 is 27.5 Å². The highest BCUT2D eigenvalue weighted by Gasteiger charge is 2.10. The zero-order valence-corrected chi connectivity index (χ0v) is 11.5. The molecule has 2 aromatic rings. The van der Waals surface area contributed by atoms with E-state index < -0.39 is 0 Å². The van der Waals surface area contributed by atoms with Crippen LogP contribution in [0.3, 0.4) is 0 Å². The van der Waals surface area contributed by atoms with Crippen molar-refractivity contribution in [1.82, 2.24) is 9.97 Å². The largest absolute Gasteiger partial charge is 0.493 e. The molecule has 2 rings (SSSR count). The van der Waals surface area contributed by atoms with Crippen molar-refractivity contribution in [3.63, 3.8) is 0 Å². The van der Waals surface area contributed by atoms with Crippen LogP contribution in [0.5, 0.6) is 11.5 Å². The van der Waals surface area contributed by atoms with Crippen molar-refractivity contribution in [3.05, 3.63) is 23.6 Å². The zero-order valence-electron chi connectivity index (χ0n) is 9.11. The van der Waals surface area contributed by atoms with Crippen LogP contribution in [0.1, 0.15) is 0 Å². The van der Waals surface area contributed by atoms with E-state index in [2.05, 4.69) is 25.9 Å². The normalized spacial score (nSPS) is 10.5. The van der Waals surface area contributed by atoms with Crippen LogP contribution in [0, 0.1) is 0 Å². The number of halogens is 2. The molecule has 0 atom stereocenters. The fourth-order valence-electron chi connectivity index (χ4n) is 1.45. The van der Waals surface area contributed by atoms with Gasteiger partial charge < -0.3 is 9.47 Å². The Labute approximate surface area is 112 Å². The first-order valence-electron chi connectivity index (χ1n) is 4.93. The summed E-state index contributed by atoms with van der Waals surface area (Å²) in [5.74, 6) is 1.27. The van der Waals surface area contributed by atoms with Crippen molar-refractivity contribution in [2.24, 2.45) is 0 Å². The molecular formula is C11H10BrClN2O2. The third-order valence-electron chi connectivity index (χ3n) is 2.21. The summed E-state index contributed by atoms with van der Waals surface area (Å²) >= 11 is 9.29. The molecule has 90 valence electrons. The first-order chi connectivity index (χ1) is 8.26. The molecule has 0 aliphatic heterocycles. The molecule has 0 spiro atoms. The van der Waals surface area contributed by atoms with E-state index in [1.807, 2.05) is 0 Å². The van der Waals surface area contributed by atoms with Crippen LogP contribution < -0.4 is 9.47 Å². The number of benzene rings is 1. The van der Waals surface area contributed by atoms with E-state index in [9.17, 15) is 0 Å². The summed E-state index contributed by atoms with van der Waals surface area (Å²) in [6.45, 7) is 0.556. The lowest BCUT2D eigenvalue weighted by atomic mass is 10.2. The van der Waals surface area contributed by atoms with Gasteiger partial charge in [0.2, 0.25) is 0 Å². The molecule has 0 unspecified atom stereocenters. The number of rotatable bonds is 4. The predicted octanol–water partition coefficient (Wildman–Crippen LogP) is 3.07. The second kappa shape index (κ2) is 5.51. The van der Waals surface area contributed by atoms with Crippen molar-refractivity contribution in [2.75, 3.05) is 19.0 Å². The number of hydrogen-bond donors (Lipinski definition) is 0. The summed E-state index contributed by atoms with van der Waals surface area (Å²) in [4.78, 5) is 8.07. The lowest BCUT2D eigenvalue weighted by Gasteiger charge is -2.11. The van der Waals surface area contributed by atoms with E-state index in [-0.39, 0.29) is 0 Å². The minimum atomic E-state index is 0.403. The molecule has 0 N–H and O–H groups in total. The topological polar surface area (TPSA) is 44.2 Å². The number of aromatic nitrogens is 2. The second-order valence-corrected chi connectivity index (χ2v) is 4.37. The van der Waals surface area contributed by atoms with Gasteiger partial charge in [-0.15, -0.1) is 0 Å². The highest BCUT2D eigenvalue weighted by Crippen LogP contribution is 2.33. The summed E-state index contributed by atoms with van der Waals surface area (Å²) in [5, 5.41) is 1.90. The Morgan fingerprint density at radius 3 is 2.82 bits per heavy atom. The smallest absolute Gasteiger partial charge is 0.163 e. The standard InChI is InChI=1S/C11H10BrClN2O2/c1-16-9-4-7-8(14-6-15-11(7)13)5-10(9)17-3-2-12/h4-6H,2-3H2,1H3. The van der Waals surface area contributed by atoms with Gasteiger partial charge in [-0.3, -0.25) is 0 Å². The number of alkyl halides is 1. The lowest BCUT2D eigenvalue weighted by Crippen LogP contribution is -2.00. The molecule has 0 aliphatic rings. The maximum absolute atomic E-state index is 5.99. The number of nitrogens with zero attached hydrogens (tertiary/aromatic N) is 2. The first kappa shape index (κ1) is 12.4. The van der Waals surface area contributed by atoms with Gasteiger partial charge in [0, 0.05) is 16.8 Å². The maximum atomic E-state index is 5.99. The molecule has 1 heterocycles. The lowest BCUT2D eigenvalue weighted by molar-refractivity contribution is 0.315. The average molecular weight is 318 g/mol. The summed E-state index contributed by atoms with van der Waals surface area (Å²) in [7, 11) is 1.58. The number of methoxy groups -OCH3 is 1. The highest BCUT2D eigenvalue weighted by molar-refractivity contribution is 9.09. The fraction of sp³-hybridized carbons (Fsp3) is 0.273. The minimum Gasteiger partial charge on any atom is -0.493 e. The van der Waals surface area contributed by atoms with E-state index in [1.54, 1.807) is 19.2 Å². The summed E-state index contributed by atoms with van der Waals surface area (Å²) < 4.78 is 10.8. The molecule has 1 aromatic carbocycles. The van der Waals surface area contributed by atoms with E-state index in [0.29, 0.717) is 23.3 Å². The maximum Gasteiger partial charge on any atom is 0.163 e. The van der Waals surface area contributed by atoms with Crippen LogP contribution in [0.25, 0.3) is 10.9 Å². The van der Waals surface area contributed by atoms with Crippen molar-refractivity contribution in [1.29, 1.82) is 0 Å². The van der Waals surface area contributed by atoms with Crippen molar-refractivity contribution in [3.8, 4) is 11.5 Å². The van der Waals surface area contributed by atoms with Gasteiger partial charge in [0.05, 0.1) is 19.2 Å². The molecular weight excluding hydrogens is 307 g/mol. The van der Waals surface area contributed by atoms with Gasteiger partial charge in [-0.2, -0.15) is 0 Å². The van der Waals surface area contributed by atoms with Gasteiger partial charge in [0.1, 0.15) is 11.5 Å². The Morgan fingerprint density at radius 2 is 2.12 bits per heavy atom. The van der Waals surface area contributed by atoms with Crippen molar-refractivity contribution >= 4 is 38.4 Å². The Bertz CT molecular complexity index is 536. The van der Waals surface area contributed by atoms with Gasteiger partial charge in [-0.1, -0.05) is 27.5 Å². The van der Waals surface area contributed by atoms with Crippen LogP contribution in [-0.2, 0) is 0 Å². The van der Waals surface area contributed by atoms with Gasteiger partial charge in [-0.25, -0.2) is 9.97 Å². The molecule has 0 saturated carbocycles.